The number of hydrogen-bond acceptors (Lipinski definition) is 7. The molecule has 0 aromatic heterocycles. The third kappa shape index (κ3) is 6.09. The van der Waals surface area contributed by atoms with Crippen molar-refractivity contribution in [1.29, 1.82) is 0 Å². The Morgan fingerprint density at radius 2 is 1.71 bits per heavy atom. The van der Waals surface area contributed by atoms with E-state index >= 15 is 0 Å². The number of benzene rings is 2. The third-order valence-electron chi connectivity index (χ3n) is 4.32. The van der Waals surface area contributed by atoms with Gasteiger partial charge in [0.25, 0.3) is 11.6 Å². The number of hydrogen-bond donors (Lipinski definition) is 2. The number of sulfonamides is 1. The molecule has 1 amide bonds. The van der Waals surface area contributed by atoms with Crippen LogP contribution in [-0.2, 0) is 25.0 Å². The van der Waals surface area contributed by atoms with E-state index in [0.29, 0.717) is 11.3 Å². The van der Waals surface area contributed by atoms with E-state index in [2.05, 4.69) is 14.8 Å². The largest absolute Gasteiger partial charge is 0.468 e. The lowest BCUT2D eigenvalue weighted by Crippen LogP contribution is -2.30. The van der Waals surface area contributed by atoms with Crippen LogP contribution in [-0.4, -0.2) is 38.9 Å². The van der Waals surface area contributed by atoms with Crippen molar-refractivity contribution in [2.75, 3.05) is 19.0 Å². The summed E-state index contributed by atoms with van der Waals surface area (Å²) in [7, 11) is -2.80. The van der Waals surface area contributed by atoms with Gasteiger partial charge in [0, 0.05) is 22.9 Å². The predicted molar refractivity (Wildman–Crippen MR) is 113 cm³/mol. The summed E-state index contributed by atoms with van der Waals surface area (Å²) in [5.74, 6) is -1.32. The van der Waals surface area contributed by atoms with E-state index in [1.807, 2.05) is 20.8 Å². The zero-order valence-corrected chi connectivity index (χ0v) is 18.3. The molecule has 0 saturated heterocycles. The Hall–Kier alpha value is -3.31. The van der Waals surface area contributed by atoms with Crippen LogP contribution in [0.2, 0.25) is 0 Å². The van der Waals surface area contributed by atoms with E-state index in [1.165, 1.54) is 36.4 Å². The van der Waals surface area contributed by atoms with Crippen LogP contribution in [0.25, 0.3) is 0 Å². The van der Waals surface area contributed by atoms with Crippen molar-refractivity contribution in [3.8, 4) is 0 Å². The van der Waals surface area contributed by atoms with Gasteiger partial charge in [-0.2, -0.15) is 4.72 Å². The molecule has 0 bridgehead atoms. The lowest BCUT2D eigenvalue weighted by Gasteiger charge is -2.19. The Morgan fingerprint density at radius 1 is 1.10 bits per heavy atom. The molecular formula is C20H23N3O7S. The number of nitrogens with zero attached hydrogens (tertiary/aromatic N) is 1. The Morgan fingerprint density at radius 3 is 2.23 bits per heavy atom. The number of nitrogens with one attached hydrogen (secondary N) is 2. The number of nitro benzene ring substituents is 1. The first kappa shape index (κ1) is 24.0. The maximum atomic E-state index is 12.5. The molecule has 0 aliphatic rings. The molecule has 2 aromatic carbocycles. The topological polar surface area (TPSA) is 145 Å². The molecular weight excluding hydrogens is 426 g/mol. The second-order valence-corrected chi connectivity index (χ2v) is 9.39. The number of carbonyl (C=O) groups excluding carboxylic acids is 2. The molecule has 0 radical (unpaired) electrons. The van der Waals surface area contributed by atoms with Crippen molar-refractivity contribution < 1.29 is 27.7 Å². The summed E-state index contributed by atoms with van der Waals surface area (Å²) in [6.07, 6.45) is 0. The van der Waals surface area contributed by atoms with Crippen molar-refractivity contribution >= 4 is 33.3 Å². The van der Waals surface area contributed by atoms with Crippen molar-refractivity contribution in [3.05, 3.63) is 63.7 Å². The second-order valence-electron chi connectivity index (χ2n) is 7.62. The molecule has 0 atom stereocenters. The Labute approximate surface area is 179 Å². The first-order valence-corrected chi connectivity index (χ1v) is 10.6. The fourth-order valence-corrected chi connectivity index (χ4v) is 3.66. The predicted octanol–water partition coefficient (Wildman–Crippen LogP) is 2.60. The zero-order valence-electron chi connectivity index (χ0n) is 17.5. The first-order valence-electron chi connectivity index (χ1n) is 9.12. The lowest BCUT2D eigenvalue weighted by atomic mass is 9.85. The number of carbonyl (C=O) groups is 2. The van der Waals surface area contributed by atoms with Gasteiger partial charge in [0.05, 0.1) is 16.9 Å². The number of rotatable bonds is 7. The van der Waals surface area contributed by atoms with Crippen LogP contribution >= 0.6 is 0 Å². The van der Waals surface area contributed by atoms with Gasteiger partial charge >= 0.3 is 5.97 Å². The molecule has 166 valence electrons. The molecule has 10 nitrogen and oxygen atoms in total. The number of amides is 1. The summed E-state index contributed by atoms with van der Waals surface area (Å²) < 4.78 is 30.8. The van der Waals surface area contributed by atoms with Crippen molar-refractivity contribution in [2.45, 2.75) is 31.1 Å². The molecule has 11 heteroatoms. The summed E-state index contributed by atoms with van der Waals surface area (Å²) in [6, 6.07) is 9.49. The Bertz CT molecular complexity index is 1100. The molecule has 0 aliphatic carbocycles. The highest BCUT2D eigenvalue weighted by Crippen LogP contribution is 2.32. The monoisotopic (exact) mass is 449 g/mol. The van der Waals surface area contributed by atoms with Gasteiger partial charge in [-0.25, -0.2) is 8.42 Å². The van der Waals surface area contributed by atoms with Crippen LogP contribution in [0, 0.1) is 10.1 Å². The van der Waals surface area contributed by atoms with Gasteiger partial charge in [0.1, 0.15) is 6.54 Å². The molecule has 31 heavy (non-hydrogen) atoms. The number of nitro groups is 1. The van der Waals surface area contributed by atoms with Gasteiger partial charge in [0.2, 0.25) is 10.0 Å². The van der Waals surface area contributed by atoms with Gasteiger partial charge < -0.3 is 10.1 Å². The zero-order chi connectivity index (χ0) is 23.4. The Kier molecular flexibility index (Phi) is 7.13. The number of anilines is 1. The minimum Gasteiger partial charge on any atom is -0.468 e. The summed E-state index contributed by atoms with van der Waals surface area (Å²) in [6.45, 7) is 5.00. The van der Waals surface area contributed by atoms with Gasteiger partial charge in [-0.3, -0.25) is 19.7 Å². The van der Waals surface area contributed by atoms with E-state index in [-0.39, 0.29) is 16.1 Å². The molecule has 0 unspecified atom stereocenters. The van der Waals surface area contributed by atoms with Crippen LogP contribution in [0.3, 0.4) is 0 Å². The smallest absolute Gasteiger partial charge is 0.320 e. The third-order valence-corrected chi connectivity index (χ3v) is 5.74. The van der Waals surface area contributed by atoms with Crippen LogP contribution in [0.5, 0.6) is 0 Å². The van der Waals surface area contributed by atoms with Crippen LogP contribution in [0.15, 0.2) is 47.4 Å². The first-order chi connectivity index (χ1) is 14.3. The molecule has 0 heterocycles. The van der Waals surface area contributed by atoms with Crippen molar-refractivity contribution in [1.82, 2.24) is 4.72 Å². The minimum absolute atomic E-state index is 0.0937. The highest BCUT2D eigenvalue weighted by Gasteiger charge is 2.26. The number of esters is 1. The summed E-state index contributed by atoms with van der Waals surface area (Å²) in [5, 5.41) is 14.0. The quantitative estimate of drug-likeness (QED) is 0.375. The fraction of sp³-hybridized carbons (Fsp3) is 0.300. The minimum atomic E-state index is -3.94. The van der Waals surface area contributed by atoms with Gasteiger partial charge in [-0.05, 0) is 35.7 Å². The second kappa shape index (κ2) is 9.23. The average Bonchev–Trinajstić information content (AvgIpc) is 2.71. The van der Waals surface area contributed by atoms with E-state index in [0.717, 1.165) is 7.11 Å². The summed E-state index contributed by atoms with van der Waals surface area (Å²) in [4.78, 5) is 34.4. The van der Waals surface area contributed by atoms with E-state index in [4.69, 9.17) is 0 Å². The maximum absolute atomic E-state index is 12.5. The highest BCUT2D eigenvalue weighted by molar-refractivity contribution is 7.89. The Balaban J connectivity index is 2.19. The standard InChI is InChI=1S/C20H23N3O7S/c1-20(2,3)16-10-5-13(11-17(16)23(26)27)19(25)22-14-6-8-15(9-7-14)31(28,29)21-12-18(24)30-4/h5-11,21H,12H2,1-4H3,(H,22,25). The van der Waals surface area contributed by atoms with Crippen LogP contribution in [0.1, 0.15) is 36.7 Å². The van der Waals surface area contributed by atoms with E-state index in [1.54, 1.807) is 6.07 Å². The van der Waals surface area contributed by atoms with Gasteiger partial charge in [-0.15, -0.1) is 0 Å². The molecule has 0 aliphatic heterocycles. The molecule has 2 N–H and O–H groups in total. The average molecular weight is 449 g/mol. The molecule has 0 saturated carbocycles. The summed E-state index contributed by atoms with van der Waals surface area (Å²) in [5.41, 5.74) is 0.262. The normalized spacial score (nSPS) is 11.6. The molecule has 0 fully saturated rings. The number of ether oxygens (including phenoxy) is 1. The van der Waals surface area contributed by atoms with E-state index in [9.17, 15) is 28.1 Å². The SMILES string of the molecule is COC(=O)CNS(=O)(=O)c1ccc(NC(=O)c2ccc(C(C)(C)C)c([N+](=O)[O-])c2)cc1. The van der Waals surface area contributed by atoms with E-state index < -0.39 is 38.8 Å². The van der Waals surface area contributed by atoms with Gasteiger partial charge in [-0.1, -0.05) is 26.8 Å². The van der Waals surface area contributed by atoms with Crippen LogP contribution in [0.4, 0.5) is 11.4 Å². The fourth-order valence-electron chi connectivity index (χ4n) is 2.69. The van der Waals surface area contributed by atoms with Gasteiger partial charge in [0.15, 0.2) is 0 Å². The number of methoxy groups -OCH3 is 1. The summed E-state index contributed by atoms with van der Waals surface area (Å²) >= 11 is 0. The highest BCUT2D eigenvalue weighted by atomic mass is 32.2. The van der Waals surface area contributed by atoms with Crippen molar-refractivity contribution in [3.63, 3.8) is 0 Å². The lowest BCUT2D eigenvalue weighted by molar-refractivity contribution is -0.386. The molecule has 2 rings (SSSR count). The maximum Gasteiger partial charge on any atom is 0.320 e. The van der Waals surface area contributed by atoms with Crippen LogP contribution < -0.4 is 10.0 Å². The molecule has 2 aromatic rings. The molecule has 0 spiro atoms. The van der Waals surface area contributed by atoms with Crippen molar-refractivity contribution in [2.24, 2.45) is 0 Å².